The van der Waals surface area contributed by atoms with Crippen LogP contribution in [-0.2, 0) is 10.2 Å². The van der Waals surface area contributed by atoms with Crippen LogP contribution in [0.3, 0.4) is 0 Å². The summed E-state index contributed by atoms with van der Waals surface area (Å²) >= 11 is 0. The number of nitrogens with one attached hydrogen (secondary N) is 1. The molecule has 0 radical (unpaired) electrons. The Morgan fingerprint density at radius 1 is 1.03 bits per heavy atom. The first-order chi connectivity index (χ1) is 14.8. The number of rotatable bonds is 6. The summed E-state index contributed by atoms with van der Waals surface area (Å²) in [5.74, 6) is 0.216. The number of carbonyl (C=O) groups is 1. The Morgan fingerprint density at radius 2 is 1.70 bits per heavy atom. The molecule has 1 N–H and O–H groups in total. The number of benzene rings is 2. The molecular weight excluding hydrogens is 376 g/mol. The first-order valence-corrected chi connectivity index (χ1v) is 10.7. The molecule has 0 bridgehead atoms. The number of hydrogen-bond acceptors (Lipinski definition) is 4. The molecule has 2 fully saturated rings. The lowest BCUT2D eigenvalue weighted by atomic mass is 9.74. The predicted octanol–water partition coefficient (Wildman–Crippen LogP) is 3.62. The van der Waals surface area contributed by atoms with Gasteiger partial charge in [0.05, 0.1) is 11.4 Å². The van der Waals surface area contributed by atoms with Crippen LogP contribution in [0.4, 0.5) is 0 Å². The number of aromatic nitrogens is 3. The van der Waals surface area contributed by atoms with Gasteiger partial charge in [-0.05, 0) is 43.4 Å². The van der Waals surface area contributed by atoms with Crippen molar-refractivity contribution in [2.45, 2.75) is 37.0 Å². The molecule has 154 valence electrons. The average molecular weight is 402 g/mol. The highest BCUT2D eigenvalue weighted by molar-refractivity contribution is 5.93. The van der Waals surface area contributed by atoms with Crippen LogP contribution in [-0.4, -0.2) is 40.7 Å². The highest BCUT2D eigenvalue weighted by atomic mass is 16.5. The van der Waals surface area contributed by atoms with Crippen molar-refractivity contribution < 1.29 is 9.53 Å². The Balaban J connectivity index is 1.40. The van der Waals surface area contributed by atoms with E-state index in [1.165, 1.54) is 5.56 Å². The van der Waals surface area contributed by atoms with Crippen molar-refractivity contribution in [1.29, 1.82) is 0 Å². The zero-order valence-corrected chi connectivity index (χ0v) is 17.0. The maximum atomic E-state index is 13.2. The fourth-order valence-corrected chi connectivity index (χ4v) is 4.39. The van der Waals surface area contributed by atoms with Gasteiger partial charge in [-0.3, -0.25) is 4.79 Å². The van der Waals surface area contributed by atoms with E-state index in [-0.39, 0.29) is 11.3 Å². The molecule has 6 heteroatoms. The van der Waals surface area contributed by atoms with E-state index in [2.05, 4.69) is 39.9 Å². The van der Waals surface area contributed by atoms with Crippen LogP contribution >= 0.6 is 0 Å². The van der Waals surface area contributed by atoms with Crippen molar-refractivity contribution >= 4 is 5.91 Å². The van der Waals surface area contributed by atoms with E-state index < -0.39 is 0 Å². The standard InChI is InChI=1S/C24H26N4O2/c29-23(25-17-24(13-15-30-16-14-24)19-7-3-1-4-8-19)21-22(18-11-12-18)28(27-26-21)20-9-5-2-6-10-20/h1-10,18H,11-17H2,(H,25,29). The summed E-state index contributed by atoms with van der Waals surface area (Å²) in [6.07, 6.45) is 3.94. The van der Waals surface area contributed by atoms with Gasteiger partial charge in [-0.15, -0.1) is 5.10 Å². The largest absolute Gasteiger partial charge is 0.381 e. The fraction of sp³-hybridized carbons (Fsp3) is 0.375. The Labute approximate surface area is 176 Å². The van der Waals surface area contributed by atoms with Gasteiger partial charge in [-0.25, -0.2) is 4.68 Å². The Hall–Kier alpha value is -2.99. The summed E-state index contributed by atoms with van der Waals surface area (Å²) in [5.41, 5.74) is 3.47. The molecule has 1 aliphatic heterocycles. The summed E-state index contributed by atoms with van der Waals surface area (Å²) in [5, 5.41) is 11.8. The maximum absolute atomic E-state index is 13.2. The Bertz CT molecular complexity index is 1010. The SMILES string of the molecule is O=C(NCC1(c2ccccc2)CCOCC1)c1nnn(-c2ccccc2)c1C1CC1. The van der Waals surface area contributed by atoms with Gasteiger partial charge in [0, 0.05) is 31.1 Å². The van der Waals surface area contributed by atoms with Crippen LogP contribution in [0.2, 0.25) is 0 Å². The quantitative estimate of drug-likeness (QED) is 0.684. The molecule has 30 heavy (non-hydrogen) atoms. The van der Waals surface area contributed by atoms with Crippen molar-refractivity contribution in [3.8, 4) is 5.69 Å². The van der Waals surface area contributed by atoms with E-state index >= 15 is 0 Å². The monoisotopic (exact) mass is 402 g/mol. The summed E-state index contributed by atoms with van der Waals surface area (Å²) in [7, 11) is 0. The third-order valence-electron chi connectivity index (χ3n) is 6.31. The highest BCUT2D eigenvalue weighted by Gasteiger charge is 2.37. The molecule has 3 aromatic rings. The lowest BCUT2D eigenvalue weighted by Crippen LogP contribution is -2.44. The van der Waals surface area contributed by atoms with Crippen molar-refractivity contribution in [1.82, 2.24) is 20.3 Å². The van der Waals surface area contributed by atoms with Crippen LogP contribution in [0.15, 0.2) is 60.7 Å². The van der Waals surface area contributed by atoms with Crippen LogP contribution in [0.5, 0.6) is 0 Å². The Morgan fingerprint density at radius 3 is 2.37 bits per heavy atom. The number of para-hydroxylation sites is 1. The van der Waals surface area contributed by atoms with Gasteiger partial charge in [0.25, 0.3) is 5.91 Å². The molecule has 5 rings (SSSR count). The molecule has 2 aromatic carbocycles. The van der Waals surface area contributed by atoms with Crippen molar-refractivity contribution in [2.75, 3.05) is 19.8 Å². The zero-order chi connectivity index (χ0) is 20.4. The Kier molecular flexibility index (Phi) is 5.09. The number of hydrogen-bond donors (Lipinski definition) is 1. The first-order valence-electron chi connectivity index (χ1n) is 10.7. The molecule has 2 aliphatic rings. The van der Waals surface area contributed by atoms with Crippen molar-refractivity contribution in [3.63, 3.8) is 0 Å². The molecule has 1 amide bonds. The number of amides is 1. The highest BCUT2D eigenvalue weighted by Crippen LogP contribution is 2.42. The summed E-state index contributed by atoms with van der Waals surface area (Å²) in [6.45, 7) is 1.99. The smallest absolute Gasteiger partial charge is 0.273 e. The van der Waals surface area contributed by atoms with Crippen LogP contribution < -0.4 is 5.32 Å². The fourth-order valence-electron chi connectivity index (χ4n) is 4.39. The molecule has 6 nitrogen and oxygen atoms in total. The van der Waals surface area contributed by atoms with Gasteiger partial charge in [0.1, 0.15) is 0 Å². The van der Waals surface area contributed by atoms with Crippen molar-refractivity contribution in [3.05, 3.63) is 77.6 Å². The van der Waals surface area contributed by atoms with Gasteiger partial charge in [-0.2, -0.15) is 0 Å². The minimum Gasteiger partial charge on any atom is -0.381 e. The molecule has 0 spiro atoms. The summed E-state index contributed by atoms with van der Waals surface area (Å²) < 4.78 is 7.44. The summed E-state index contributed by atoms with van der Waals surface area (Å²) in [4.78, 5) is 13.2. The van der Waals surface area contributed by atoms with E-state index in [0.29, 0.717) is 31.4 Å². The second-order valence-corrected chi connectivity index (χ2v) is 8.29. The number of nitrogens with zero attached hydrogens (tertiary/aromatic N) is 3. The van der Waals surface area contributed by atoms with E-state index in [1.807, 2.05) is 41.1 Å². The first kappa shape index (κ1) is 19.0. The van der Waals surface area contributed by atoms with E-state index in [4.69, 9.17) is 4.74 Å². The third kappa shape index (κ3) is 3.63. The van der Waals surface area contributed by atoms with Gasteiger partial charge >= 0.3 is 0 Å². The molecule has 1 aromatic heterocycles. The molecule has 2 heterocycles. The molecule has 1 saturated carbocycles. The normalized spacial score (nSPS) is 18.1. The molecular formula is C24H26N4O2. The second-order valence-electron chi connectivity index (χ2n) is 8.29. The predicted molar refractivity (Wildman–Crippen MR) is 114 cm³/mol. The number of ether oxygens (including phenoxy) is 1. The molecule has 1 aliphatic carbocycles. The van der Waals surface area contributed by atoms with Crippen LogP contribution in [0.25, 0.3) is 5.69 Å². The van der Waals surface area contributed by atoms with Gasteiger partial charge in [0.15, 0.2) is 5.69 Å². The van der Waals surface area contributed by atoms with E-state index in [1.54, 1.807) is 0 Å². The van der Waals surface area contributed by atoms with Gasteiger partial charge in [0.2, 0.25) is 0 Å². The minimum absolute atomic E-state index is 0.107. The maximum Gasteiger partial charge on any atom is 0.273 e. The molecule has 0 unspecified atom stereocenters. The van der Waals surface area contributed by atoms with Crippen molar-refractivity contribution in [2.24, 2.45) is 0 Å². The molecule has 0 atom stereocenters. The van der Waals surface area contributed by atoms with Gasteiger partial charge < -0.3 is 10.1 Å². The lowest BCUT2D eigenvalue weighted by Gasteiger charge is -2.37. The van der Waals surface area contributed by atoms with E-state index in [0.717, 1.165) is 37.1 Å². The molecule has 1 saturated heterocycles. The van der Waals surface area contributed by atoms with Crippen LogP contribution in [0, 0.1) is 0 Å². The van der Waals surface area contributed by atoms with Crippen LogP contribution in [0.1, 0.15) is 53.3 Å². The average Bonchev–Trinajstić information content (AvgIpc) is 3.56. The van der Waals surface area contributed by atoms with E-state index in [9.17, 15) is 4.79 Å². The topological polar surface area (TPSA) is 69.0 Å². The van der Waals surface area contributed by atoms with Gasteiger partial charge in [-0.1, -0.05) is 53.7 Å². The lowest BCUT2D eigenvalue weighted by molar-refractivity contribution is 0.0486. The minimum atomic E-state index is -0.138. The number of carbonyl (C=O) groups excluding carboxylic acids is 1. The summed E-state index contributed by atoms with van der Waals surface area (Å²) in [6, 6.07) is 20.4. The zero-order valence-electron chi connectivity index (χ0n) is 17.0. The third-order valence-corrected chi connectivity index (χ3v) is 6.31. The second kappa shape index (κ2) is 8.03.